The number of aromatic nitrogens is 3. The van der Waals surface area contributed by atoms with Crippen LogP contribution in [0.5, 0.6) is 0 Å². The predicted octanol–water partition coefficient (Wildman–Crippen LogP) is 0.728. The second-order valence-corrected chi connectivity index (χ2v) is 7.48. The van der Waals surface area contributed by atoms with E-state index in [2.05, 4.69) is 15.4 Å². The molecule has 2 aromatic heterocycles. The lowest BCUT2D eigenvalue weighted by Crippen LogP contribution is -2.45. The maximum absolute atomic E-state index is 11.9. The highest BCUT2D eigenvalue weighted by atomic mass is 16.7. The van der Waals surface area contributed by atoms with Crippen LogP contribution in [0.25, 0.3) is 5.52 Å². The molecule has 3 rings (SSSR count). The quantitative estimate of drug-likeness (QED) is 0.495. The van der Waals surface area contributed by atoms with E-state index < -0.39 is 41.8 Å². The molecule has 12 heteroatoms. The van der Waals surface area contributed by atoms with Gasteiger partial charge < -0.3 is 24.3 Å². The van der Waals surface area contributed by atoms with Crippen LogP contribution in [-0.4, -0.2) is 63.3 Å². The summed E-state index contributed by atoms with van der Waals surface area (Å²) in [6, 6.07) is 3.34. The molecule has 1 aliphatic heterocycles. The molecular weight excluding hydrogens is 424 g/mol. The zero-order chi connectivity index (χ0) is 23.6. The first-order chi connectivity index (χ1) is 15.0. The standard InChI is InChI=1S/C20H24N4O8/c1-10(25)23-19-14-6-7-16(24(14)22-9-21-19)20(5)18(31-13(4)28)17(30-12(3)27)15(32-20)8-29-11(2)26/h6-7,9,15,17-18H,8H2,1-5H3,(H,21,22,23,25)/t15-,17-,18-,20+/m1/s1. The van der Waals surface area contributed by atoms with Crippen LogP contribution < -0.4 is 5.32 Å². The summed E-state index contributed by atoms with van der Waals surface area (Å²) in [5, 5.41) is 6.86. The normalized spacial score (nSPS) is 24.7. The summed E-state index contributed by atoms with van der Waals surface area (Å²) >= 11 is 0. The topological polar surface area (TPSA) is 147 Å². The van der Waals surface area contributed by atoms with E-state index in [1.165, 1.54) is 38.5 Å². The molecule has 0 radical (unpaired) electrons. The number of anilines is 1. The largest absolute Gasteiger partial charge is 0.463 e. The Bertz CT molecular complexity index is 1070. The average Bonchev–Trinajstić information content (AvgIpc) is 3.22. The second kappa shape index (κ2) is 8.91. The van der Waals surface area contributed by atoms with Gasteiger partial charge in [-0.2, -0.15) is 5.10 Å². The van der Waals surface area contributed by atoms with E-state index in [4.69, 9.17) is 18.9 Å². The Labute approximate surface area is 183 Å². The average molecular weight is 448 g/mol. The zero-order valence-corrected chi connectivity index (χ0v) is 18.3. The van der Waals surface area contributed by atoms with Crippen molar-refractivity contribution >= 4 is 35.1 Å². The van der Waals surface area contributed by atoms with Gasteiger partial charge in [-0.15, -0.1) is 0 Å². The molecule has 1 amide bonds. The number of esters is 3. The third-order valence-corrected chi connectivity index (χ3v) is 4.90. The lowest BCUT2D eigenvalue weighted by atomic mass is 9.92. The minimum Gasteiger partial charge on any atom is -0.463 e. The van der Waals surface area contributed by atoms with Crippen molar-refractivity contribution in [3.8, 4) is 0 Å². The molecule has 1 aliphatic rings. The van der Waals surface area contributed by atoms with Gasteiger partial charge in [-0.1, -0.05) is 0 Å². The van der Waals surface area contributed by atoms with Crippen LogP contribution in [0.15, 0.2) is 18.5 Å². The molecule has 172 valence electrons. The predicted molar refractivity (Wildman–Crippen MR) is 107 cm³/mol. The molecule has 12 nitrogen and oxygen atoms in total. The van der Waals surface area contributed by atoms with Gasteiger partial charge in [-0.25, -0.2) is 9.50 Å². The highest BCUT2D eigenvalue weighted by Crippen LogP contribution is 2.43. The number of hydrogen-bond donors (Lipinski definition) is 1. The van der Waals surface area contributed by atoms with Gasteiger partial charge in [0.2, 0.25) is 5.91 Å². The van der Waals surface area contributed by atoms with Crippen molar-refractivity contribution in [2.24, 2.45) is 0 Å². The maximum atomic E-state index is 11.9. The molecular formula is C20H24N4O8. The van der Waals surface area contributed by atoms with Gasteiger partial charge in [0.05, 0.1) is 5.69 Å². The van der Waals surface area contributed by atoms with E-state index in [-0.39, 0.29) is 18.3 Å². The Hall–Kier alpha value is -3.54. The van der Waals surface area contributed by atoms with E-state index in [1.54, 1.807) is 19.1 Å². The number of rotatable bonds is 6. The van der Waals surface area contributed by atoms with Gasteiger partial charge in [0.15, 0.2) is 18.0 Å². The molecule has 0 unspecified atom stereocenters. The first-order valence-corrected chi connectivity index (χ1v) is 9.79. The van der Waals surface area contributed by atoms with E-state index in [9.17, 15) is 19.2 Å². The molecule has 3 heterocycles. The minimum absolute atomic E-state index is 0.226. The van der Waals surface area contributed by atoms with E-state index in [0.717, 1.165) is 0 Å². The Morgan fingerprint density at radius 3 is 2.38 bits per heavy atom. The molecule has 1 N–H and O–H groups in total. The van der Waals surface area contributed by atoms with Gasteiger partial charge in [-0.3, -0.25) is 19.2 Å². The number of hydrogen-bond acceptors (Lipinski definition) is 10. The van der Waals surface area contributed by atoms with Gasteiger partial charge in [0, 0.05) is 27.7 Å². The monoisotopic (exact) mass is 448 g/mol. The Morgan fingerprint density at radius 2 is 1.78 bits per heavy atom. The molecule has 0 bridgehead atoms. The first kappa shape index (κ1) is 23.1. The van der Waals surface area contributed by atoms with Crippen molar-refractivity contribution in [2.75, 3.05) is 11.9 Å². The molecule has 1 fully saturated rings. The zero-order valence-electron chi connectivity index (χ0n) is 18.3. The summed E-state index contributed by atoms with van der Waals surface area (Å²) in [5.74, 6) is -1.83. The van der Waals surface area contributed by atoms with Crippen molar-refractivity contribution in [2.45, 2.75) is 58.5 Å². The van der Waals surface area contributed by atoms with E-state index in [0.29, 0.717) is 11.2 Å². The molecule has 0 aromatic carbocycles. The molecule has 4 atom stereocenters. The number of fused-ring (bicyclic) bond motifs is 1. The van der Waals surface area contributed by atoms with Gasteiger partial charge >= 0.3 is 17.9 Å². The first-order valence-electron chi connectivity index (χ1n) is 9.79. The van der Waals surface area contributed by atoms with Crippen LogP contribution in [0.4, 0.5) is 5.82 Å². The lowest BCUT2D eigenvalue weighted by Gasteiger charge is -2.30. The fraction of sp³-hybridized carbons (Fsp3) is 0.500. The summed E-state index contributed by atoms with van der Waals surface area (Å²) in [5.41, 5.74) is -0.447. The molecule has 1 saturated heterocycles. The summed E-state index contributed by atoms with van der Waals surface area (Å²) in [7, 11) is 0. The van der Waals surface area contributed by atoms with Crippen molar-refractivity contribution in [1.82, 2.24) is 14.6 Å². The molecule has 0 aliphatic carbocycles. The summed E-state index contributed by atoms with van der Waals surface area (Å²) in [6.45, 7) is 6.44. The van der Waals surface area contributed by atoms with Gasteiger partial charge in [0.25, 0.3) is 0 Å². The fourth-order valence-corrected chi connectivity index (χ4v) is 3.75. The van der Waals surface area contributed by atoms with Gasteiger partial charge in [0.1, 0.15) is 30.2 Å². The van der Waals surface area contributed by atoms with E-state index >= 15 is 0 Å². The molecule has 32 heavy (non-hydrogen) atoms. The Balaban J connectivity index is 2.11. The van der Waals surface area contributed by atoms with Crippen LogP contribution in [0.3, 0.4) is 0 Å². The highest BCUT2D eigenvalue weighted by molar-refractivity contribution is 5.91. The van der Waals surface area contributed by atoms with Crippen molar-refractivity contribution in [3.63, 3.8) is 0 Å². The third-order valence-electron chi connectivity index (χ3n) is 4.90. The third kappa shape index (κ3) is 4.54. The van der Waals surface area contributed by atoms with Crippen LogP contribution in [0.2, 0.25) is 0 Å². The van der Waals surface area contributed by atoms with Crippen molar-refractivity contribution < 1.29 is 38.1 Å². The lowest BCUT2D eigenvalue weighted by molar-refractivity contribution is -0.168. The van der Waals surface area contributed by atoms with Crippen LogP contribution in [-0.2, 0) is 43.7 Å². The van der Waals surface area contributed by atoms with E-state index in [1.807, 2.05) is 0 Å². The number of carbonyl (C=O) groups excluding carboxylic acids is 4. The number of carbonyl (C=O) groups is 4. The van der Waals surface area contributed by atoms with Crippen LogP contribution in [0.1, 0.15) is 40.3 Å². The second-order valence-electron chi connectivity index (χ2n) is 7.48. The molecule has 2 aromatic rings. The minimum atomic E-state index is -1.36. The smallest absolute Gasteiger partial charge is 0.303 e. The highest BCUT2D eigenvalue weighted by Gasteiger charge is 2.58. The summed E-state index contributed by atoms with van der Waals surface area (Å²) in [4.78, 5) is 50.6. The van der Waals surface area contributed by atoms with Crippen molar-refractivity contribution in [3.05, 3.63) is 24.2 Å². The molecule has 0 spiro atoms. The van der Waals surface area contributed by atoms with Gasteiger partial charge in [-0.05, 0) is 19.1 Å². The number of amides is 1. The maximum Gasteiger partial charge on any atom is 0.303 e. The molecule has 0 saturated carbocycles. The fourth-order valence-electron chi connectivity index (χ4n) is 3.75. The number of nitrogens with zero attached hydrogens (tertiary/aromatic N) is 3. The van der Waals surface area contributed by atoms with Crippen LogP contribution >= 0.6 is 0 Å². The number of ether oxygens (including phenoxy) is 4. The summed E-state index contributed by atoms with van der Waals surface area (Å²) in [6.07, 6.45) is -1.80. The summed E-state index contributed by atoms with van der Waals surface area (Å²) < 4.78 is 23.7. The number of nitrogens with one attached hydrogen (secondary N) is 1. The van der Waals surface area contributed by atoms with Crippen LogP contribution in [0, 0.1) is 0 Å². The Kier molecular flexibility index (Phi) is 6.44. The SMILES string of the molecule is CC(=O)Nc1ncnn2c([C@]3(C)O[C@H](COC(C)=O)[C@@H](OC(C)=O)[C@H]3OC(C)=O)ccc12. The van der Waals surface area contributed by atoms with Crippen molar-refractivity contribution in [1.29, 1.82) is 0 Å². The Morgan fingerprint density at radius 1 is 1.09 bits per heavy atom.